The largest absolute Gasteiger partial charge is 0.299 e. The highest BCUT2D eigenvalue weighted by molar-refractivity contribution is 5.83. The molecule has 0 atom stereocenters. The van der Waals surface area contributed by atoms with E-state index in [9.17, 15) is 13.6 Å². The zero-order valence-corrected chi connectivity index (χ0v) is 7.86. The number of Topliss-reactive ketones (excluding diaryl/α,β-unsaturated/α-hetero) is 1. The van der Waals surface area contributed by atoms with Crippen LogP contribution in [0.4, 0.5) is 8.78 Å². The minimum Gasteiger partial charge on any atom is -0.299 e. The van der Waals surface area contributed by atoms with Crippen LogP contribution in [0.5, 0.6) is 0 Å². The van der Waals surface area contributed by atoms with Crippen molar-refractivity contribution in [2.75, 3.05) is 0 Å². The number of aryl methyl sites for hydroxylation is 2. The number of fused-ring (bicyclic) bond motifs is 1. The molecule has 1 aliphatic rings. The summed E-state index contributed by atoms with van der Waals surface area (Å²) in [6.45, 7) is 1.54. The first-order chi connectivity index (χ1) is 6.59. The molecule has 0 aliphatic heterocycles. The van der Waals surface area contributed by atoms with Gasteiger partial charge >= 0.3 is 0 Å². The van der Waals surface area contributed by atoms with Crippen molar-refractivity contribution < 1.29 is 13.6 Å². The van der Waals surface area contributed by atoms with Gasteiger partial charge in [-0.2, -0.15) is 0 Å². The van der Waals surface area contributed by atoms with Gasteiger partial charge in [0.1, 0.15) is 5.78 Å². The highest BCUT2D eigenvalue weighted by atomic mass is 19.2. The van der Waals surface area contributed by atoms with Gasteiger partial charge in [0.25, 0.3) is 0 Å². The monoisotopic (exact) mass is 196 g/mol. The van der Waals surface area contributed by atoms with Crippen LogP contribution < -0.4 is 0 Å². The van der Waals surface area contributed by atoms with Crippen molar-refractivity contribution in [1.82, 2.24) is 0 Å². The molecule has 0 fully saturated rings. The van der Waals surface area contributed by atoms with E-state index in [4.69, 9.17) is 0 Å². The summed E-state index contributed by atoms with van der Waals surface area (Å²) in [6.07, 6.45) is 1.02. The number of carbonyl (C=O) groups excluding carboxylic acids is 1. The molecule has 1 aliphatic carbocycles. The van der Waals surface area contributed by atoms with Crippen LogP contribution in [0, 0.1) is 18.6 Å². The molecular formula is C11H10F2O. The molecule has 0 radical (unpaired) electrons. The van der Waals surface area contributed by atoms with E-state index in [-0.39, 0.29) is 17.8 Å². The van der Waals surface area contributed by atoms with Crippen molar-refractivity contribution in [3.05, 3.63) is 34.4 Å². The molecule has 3 heteroatoms. The maximum Gasteiger partial charge on any atom is 0.163 e. The summed E-state index contributed by atoms with van der Waals surface area (Å²) < 4.78 is 26.5. The first-order valence-corrected chi connectivity index (χ1v) is 4.57. The third kappa shape index (κ3) is 1.33. The zero-order valence-electron chi connectivity index (χ0n) is 7.86. The van der Waals surface area contributed by atoms with Gasteiger partial charge in [0.15, 0.2) is 11.6 Å². The van der Waals surface area contributed by atoms with Crippen molar-refractivity contribution in [1.29, 1.82) is 0 Å². The molecule has 0 bridgehead atoms. The Morgan fingerprint density at radius 2 is 1.93 bits per heavy atom. The van der Waals surface area contributed by atoms with Crippen molar-refractivity contribution in [3.8, 4) is 0 Å². The van der Waals surface area contributed by atoms with E-state index in [0.29, 0.717) is 18.4 Å². The van der Waals surface area contributed by atoms with Gasteiger partial charge in [-0.1, -0.05) is 6.07 Å². The summed E-state index contributed by atoms with van der Waals surface area (Å²) in [5, 5.41) is 0. The molecule has 0 aromatic heterocycles. The normalized spacial score (nSPS) is 15.5. The highest BCUT2D eigenvalue weighted by Gasteiger charge is 2.22. The smallest absolute Gasteiger partial charge is 0.163 e. The predicted molar refractivity (Wildman–Crippen MR) is 48.1 cm³/mol. The van der Waals surface area contributed by atoms with Crippen LogP contribution >= 0.6 is 0 Å². The van der Waals surface area contributed by atoms with Gasteiger partial charge in [0, 0.05) is 18.4 Å². The third-order valence-electron chi connectivity index (χ3n) is 2.63. The molecule has 0 saturated carbocycles. The second kappa shape index (κ2) is 3.15. The van der Waals surface area contributed by atoms with Crippen LogP contribution in [0.1, 0.15) is 23.1 Å². The average Bonchev–Trinajstić information content (AvgIpc) is 2.16. The second-order valence-corrected chi connectivity index (χ2v) is 3.67. The lowest BCUT2D eigenvalue weighted by Gasteiger charge is -2.16. The Kier molecular flexibility index (Phi) is 2.10. The molecule has 2 rings (SSSR count). The van der Waals surface area contributed by atoms with Crippen molar-refractivity contribution in [3.63, 3.8) is 0 Å². The van der Waals surface area contributed by atoms with E-state index in [2.05, 4.69) is 0 Å². The summed E-state index contributed by atoms with van der Waals surface area (Å²) in [5.74, 6) is -1.67. The molecule has 0 N–H and O–H groups in total. The van der Waals surface area contributed by atoms with E-state index < -0.39 is 11.6 Å². The summed E-state index contributed by atoms with van der Waals surface area (Å²) in [4.78, 5) is 11.1. The van der Waals surface area contributed by atoms with Gasteiger partial charge in [0.05, 0.1) is 0 Å². The lowest BCUT2D eigenvalue weighted by atomic mass is 9.89. The van der Waals surface area contributed by atoms with Crippen LogP contribution in [0.2, 0.25) is 0 Å². The minimum atomic E-state index is -0.840. The SMILES string of the molecule is Cc1cc2c(c(F)c1F)CC(=O)CC2. The molecule has 1 aromatic carbocycles. The van der Waals surface area contributed by atoms with Crippen molar-refractivity contribution >= 4 is 5.78 Å². The first-order valence-electron chi connectivity index (χ1n) is 4.57. The third-order valence-corrected chi connectivity index (χ3v) is 2.63. The van der Waals surface area contributed by atoms with Crippen LogP contribution in [0.3, 0.4) is 0 Å². The number of hydrogen-bond donors (Lipinski definition) is 0. The van der Waals surface area contributed by atoms with Crippen LogP contribution in [-0.4, -0.2) is 5.78 Å². The highest BCUT2D eigenvalue weighted by Crippen LogP contribution is 2.25. The lowest BCUT2D eigenvalue weighted by Crippen LogP contribution is -2.16. The Morgan fingerprint density at radius 3 is 2.64 bits per heavy atom. The maximum absolute atomic E-state index is 13.4. The zero-order chi connectivity index (χ0) is 10.3. The molecule has 1 aromatic rings. The quantitative estimate of drug-likeness (QED) is 0.622. The fourth-order valence-corrected chi connectivity index (χ4v) is 1.83. The Bertz CT molecular complexity index is 410. The van der Waals surface area contributed by atoms with Gasteiger partial charge in [-0.05, 0) is 24.5 Å². The van der Waals surface area contributed by atoms with E-state index in [1.54, 1.807) is 6.07 Å². The lowest BCUT2D eigenvalue weighted by molar-refractivity contribution is -0.118. The fraction of sp³-hybridized carbons (Fsp3) is 0.364. The summed E-state index contributed by atoms with van der Waals surface area (Å²) in [7, 11) is 0. The molecule has 0 amide bonds. The molecular weight excluding hydrogens is 186 g/mol. The Balaban J connectivity index is 2.60. The van der Waals surface area contributed by atoms with E-state index in [1.807, 2.05) is 0 Å². The number of rotatable bonds is 0. The number of hydrogen-bond acceptors (Lipinski definition) is 1. The molecule has 0 heterocycles. The molecule has 14 heavy (non-hydrogen) atoms. The van der Waals surface area contributed by atoms with Crippen LogP contribution in [-0.2, 0) is 17.6 Å². The average molecular weight is 196 g/mol. The number of ketones is 1. The molecule has 0 saturated heterocycles. The van der Waals surface area contributed by atoms with E-state index in [0.717, 1.165) is 5.56 Å². The first kappa shape index (κ1) is 9.31. The standard InChI is InChI=1S/C11H10F2O/c1-6-4-7-2-3-8(14)5-9(7)11(13)10(6)12/h4H,2-3,5H2,1H3. The topological polar surface area (TPSA) is 17.1 Å². The van der Waals surface area contributed by atoms with Gasteiger partial charge in [0.2, 0.25) is 0 Å². The van der Waals surface area contributed by atoms with Crippen LogP contribution in [0.25, 0.3) is 0 Å². The van der Waals surface area contributed by atoms with Gasteiger partial charge in [-0.25, -0.2) is 8.78 Å². The molecule has 74 valence electrons. The Morgan fingerprint density at radius 1 is 1.21 bits per heavy atom. The number of benzene rings is 1. The number of carbonyl (C=O) groups is 1. The van der Waals surface area contributed by atoms with Gasteiger partial charge in [-0.3, -0.25) is 4.79 Å². The van der Waals surface area contributed by atoms with Gasteiger partial charge in [-0.15, -0.1) is 0 Å². The number of halogens is 2. The summed E-state index contributed by atoms with van der Waals surface area (Å²) in [5.41, 5.74) is 1.35. The van der Waals surface area contributed by atoms with Gasteiger partial charge < -0.3 is 0 Å². The summed E-state index contributed by atoms with van der Waals surface area (Å²) in [6, 6.07) is 1.64. The van der Waals surface area contributed by atoms with Crippen molar-refractivity contribution in [2.24, 2.45) is 0 Å². The molecule has 1 nitrogen and oxygen atoms in total. The van der Waals surface area contributed by atoms with E-state index in [1.165, 1.54) is 6.92 Å². The fourth-order valence-electron chi connectivity index (χ4n) is 1.83. The van der Waals surface area contributed by atoms with Crippen molar-refractivity contribution in [2.45, 2.75) is 26.2 Å². The molecule has 0 unspecified atom stereocenters. The second-order valence-electron chi connectivity index (χ2n) is 3.67. The Labute approximate surface area is 80.7 Å². The predicted octanol–water partition coefficient (Wildman–Crippen LogP) is 2.33. The molecule has 0 spiro atoms. The van der Waals surface area contributed by atoms with E-state index >= 15 is 0 Å². The minimum absolute atomic E-state index is 0.0142. The van der Waals surface area contributed by atoms with Crippen LogP contribution in [0.15, 0.2) is 6.07 Å². The summed E-state index contributed by atoms with van der Waals surface area (Å²) >= 11 is 0. The maximum atomic E-state index is 13.4. The Hall–Kier alpha value is -1.25.